The second-order valence-corrected chi connectivity index (χ2v) is 5.01. The van der Waals surface area contributed by atoms with E-state index >= 15 is 0 Å². The number of aryl methyl sites for hydroxylation is 1. The van der Waals surface area contributed by atoms with Crippen molar-refractivity contribution in [3.05, 3.63) is 34.4 Å². The number of benzene rings is 1. The van der Waals surface area contributed by atoms with Crippen LogP contribution in [0.15, 0.2) is 12.1 Å². The lowest BCUT2D eigenvalue weighted by Gasteiger charge is -2.14. The number of hydrogen-bond acceptors (Lipinski definition) is 3. The number of hydrogen-bond donors (Lipinski definition) is 3. The lowest BCUT2D eigenvalue weighted by Crippen LogP contribution is -2.27. The van der Waals surface area contributed by atoms with Gasteiger partial charge in [-0.3, -0.25) is 4.79 Å². The van der Waals surface area contributed by atoms with Gasteiger partial charge < -0.3 is 15.5 Å². The Morgan fingerprint density at radius 2 is 1.95 bits per heavy atom. The van der Waals surface area contributed by atoms with E-state index in [1.807, 2.05) is 0 Å². The van der Waals surface area contributed by atoms with Gasteiger partial charge in [0.2, 0.25) is 0 Å². The fraction of sp³-hybridized carbons (Fsp3) is 0.533. The SMILES string of the molecule is Cc1ccc(CNCC(O)CCC(=O)O)c(C)c1C. The summed E-state index contributed by atoms with van der Waals surface area (Å²) in [5, 5.41) is 21.3. The largest absolute Gasteiger partial charge is 0.481 e. The van der Waals surface area contributed by atoms with Crippen LogP contribution in [0.5, 0.6) is 0 Å². The van der Waals surface area contributed by atoms with E-state index in [2.05, 4.69) is 38.2 Å². The lowest BCUT2D eigenvalue weighted by molar-refractivity contribution is -0.137. The highest BCUT2D eigenvalue weighted by atomic mass is 16.4. The molecule has 1 rings (SSSR count). The fourth-order valence-corrected chi connectivity index (χ4v) is 1.97. The van der Waals surface area contributed by atoms with Gasteiger partial charge in [0.15, 0.2) is 0 Å². The molecule has 0 saturated heterocycles. The molecule has 0 amide bonds. The number of carbonyl (C=O) groups is 1. The first-order chi connectivity index (χ1) is 8.91. The predicted octanol–water partition coefficient (Wildman–Crippen LogP) is 1.93. The van der Waals surface area contributed by atoms with Crippen LogP contribution in [0.4, 0.5) is 0 Å². The number of nitrogens with one attached hydrogen (secondary N) is 1. The number of rotatable bonds is 7. The van der Waals surface area contributed by atoms with Gasteiger partial charge in [-0.15, -0.1) is 0 Å². The van der Waals surface area contributed by atoms with Crippen LogP contribution in [0, 0.1) is 20.8 Å². The van der Waals surface area contributed by atoms with Gasteiger partial charge in [-0.2, -0.15) is 0 Å². The van der Waals surface area contributed by atoms with E-state index in [0.29, 0.717) is 13.1 Å². The molecule has 3 N–H and O–H groups in total. The number of carboxylic acid groups (broad SMARTS) is 1. The average molecular weight is 265 g/mol. The van der Waals surface area contributed by atoms with Crippen LogP contribution in [0.2, 0.25) is 0 Å². The maximum absolute atomic E-state index is 10.4. The normalized spacial score (nSPS) is 12.4. The molecule has 0 aliphatic carbocycles. The molecular formula is C15H23NO3. The molecule has 1 aromatic carbocycles. The third-order valence-electron chi connectivity index (χ3n) is 3.56. The van der Waals surface area contributed by atoms with Crippen LogP contribution in [-0.4, -0.2) is 28.8 Å². The Kier molecular flexibility index (Phi) is 5.99. The van der Waals surface area contributed by atoms with Crippen molar-refractivity contribution in [1.29, 1.82) is 0 Å². The number of aliphatic hydroxyl groups is 1. The van der Waals surface area contributed by atoms with E-state index in [1.54, 1.807) is 0 Å². The summed E-state index contributed by atoms with van der Waals surface area (Å²) in [5.74, 6) is -0.871. The summed E-state index contributed by atoms with van der Waals surface area (Å²) in [4.78, 5) is 10.4. The third kappa shape index (κ3) is 5.01. The Morgan fingerprint density at radius 3 is 2.58 bits per heavy atom. The van der Waals surface area contributed by atoms with Crippen LogP contribution in [0.3, 0.4) is 0 Å². The molecule has 1 atom stereocenters. The summed E-state index contributed by atoms with van der Waals surface area (Å²) in [6.45, 7) is 7.40. The highest BCUT2D eigenvalue weighted by Gasteiger charge is 2.08. The van der Waals surface area contributed by atoms with E-state index in [0.717, 1.165) is 0 Å². The molecule has 4 heteroatoms. The standard InChI is InChI=1S/C15H23NO3/c1-10-4-5-13(12(3)11(10)2)8-16-9-14(17)6-7-15(18)19/h4-5,14,16-17H,6-9H2,1-3H3,(H,18,19). The van der Waals surface area contributed by atoms with Gasteiger partial charge in [-0.05, 0) is 49.4 Å². The third-order valence-corrected chi connectivity index (χ3v) is 3.56. The summed E-state index contributed by atoms with van der Waals surface area (Å²) < 4.78 is 0. The van der Waals surface area contributed by atoms with Gasteiger partial charge in [0.25, 0.3) is 0 Å². The average Bonchev–Trinajstić information content (AvgIpc) is 2.36. The number of aliphatic carboxylic acids is 1. The van der Waals surface area contributed by atoms with Gasteiger partial charge in [0.1, 0.15) is 0 Å². The Hall–Kier alpha value is -1.39. The van der Waals surface area contributed by atoms with Crippen molar-refractivity contribution in [1.82, 2.24) is 5.32 Å². The quantitative estimate of drug-likeness (QED) is 0.704. The van der Waals surface area contributed by atoms with Crippen LogP contribution in [0.1, 0.15) is 35.1 Å². The van der Waals surface area contributed by atoms with Crippen LogP contribution >= 0.6 is 0 Å². The number of carboxylic acids is 1. The Labute approximate surface area is 114 Å². The first-order valence-corrected chi connectivity index (χ1v) is 6.58. The molecule has 0 spiro atoms. The first kappa shape index (κ1) is 15.7. The Balaban J connectivity index is 2.41. The molecule has 0 aliphatic rings. The maximum Gasteiger partial charge on any atom is 0.303 e. The predicted molar refractivity (Wildman–Crippen MR) is 75.2 cm³/mol. The lowest BCUT2D eigenvalue weighted by atomic mass is 9.99. The van der Waals surface area contributed by atoms with E-state index in [9.17, 15) is 9.90 Å². The van der Waals surface area contributed by atoms with Crippen molar-refractivity contribution in [2.75, 3.05) is 6.54 Å². The minimum atomic E-state index is -0.871. The van der Waals surface area contributed by atoms with Gasteiger partial charge in [-0.1, -0.05) is 12.1 Å². The molecule has 1 unspecified atom stereocenters. The highest BCUT2D eigenvalue weighted by molar-refractivity contribution is 5.66. The van der Waals surface area contributed by atoms with Crippen molar-refractivity contribution in [2.24, 2.45) is 0 Å². The first-order valence-electron chi connectivity index (χ1n) is 6.58. The summed E-state index contributed by atoms with van der Waals surface area (Å²) in [5.41, 5.74) is 5.06. The molecule has 0 bridgehead atoms. The second kappa shape index (κ2) is 7.26. The van der Waals surface area contributed by atoms with E-state index < -0.39 is 12.1 Å². The van der Waals surface area contributed by atoms with Gasteiger partial charge in [0, 0.05) is 19.5 Å². The molecule has 106 valence electrons. The Bertz CT molecular complexity index is 443. The summed E-state index contributed by atoms with van der Waals surface area (Å²) in [7, 11) is 0. The minimum Gasteiger partial charge on any atom is -0.481 e. The zero-order valence-corrected chi connectivity index (χ0v) is 11.9. The topological polar surface area (TPSA) is 69.6 Å². The van der Waals surface area contributed by atoms with Crippen LogP contribution in [-0.2, 0) is 11.3 Å². The van der Waals surface area contributed by atoms with Crippen LogP contribution < -0.4 is 5.32 Å². The highest BCUT2D eigenvalue weighted by Crippen LogP contribution is 2.16. The van der Waals surface area contributed by atoms with Crippen molar-refractivity contribution >= 4 is 5.97 Å². The van der Waals surface area contributed by atoms with Crippen molar-refractivity contribution < 1.29 is 15.0 Å². The molecule has 0 aromatic heterocycles. The molecule has 0 heterocycles. The smallest absolute Gasteiger partial charge is 0.303 e. The fourth-order valence-electron chi connectivity index (χ4n) is 1.97. The zero-order valence-electron chi connectivity index (χ0n) is 11.9. The van der Waals surface area contributed by atoms with Crippen molar-refractivity contribution in [2.45, 2.75) is 46.3 Å². The Morgan fingerprint density at radius 1 is 1.26 bits per heavy atom. The summed E-state index contributed by atoms with van der Waals surface area (Å²) >= 11 is 0. The van der Waals surface area contributed by atoms with E-state index in [4.69, 9.17) is 5.11 Å². The molecule has 1 aromatic rings. The summed E-state index contributed by atoms with van der Waals surface area (Å²) in [6.07, 6.45) is -0.317. The van der Waals surface area contributed by atoms with E-state index in [1.165, 1.54) is 22.3 Å². The molecule has 0 fully saturated rings. The molecule has 0 radical (unpaired) electrons. The summed E-state index contributed by atoms with van der Waals surface area (Å²) in [6, 6.07) is 4.19. The molecular weight excluding hydrogens is 242 g/mol. The van der Waals surface area contributed by atoms with Crippen molar-refractivity contribution in [3.8, 4) is 0 Å². The molecule has 4 nitrogen and oxygen atoms in total. The van der Waals surface area contributed by atoms with E-state index in [-0.39, 0.29) is 12.8 Å². The molecule has 0 saturated carbocycles. The van der Waals surface area contributed by atoms with Crippen LogP contribution in [0.25, 0.3) is 0 Å². The van der Waals surface area contributed by atoms with Gasteiger partial charge in [0.05, 0.1) is 6.10 Å². The zero-order chi connectivity index (χ0) is 14.4. The molecule has 0 aliphatic heterocycles. The monoisotopic (exact) mass is 265 g/mol. The van der Waals surface area contributed by atoms with Gasteiger partial charge >= 0.3 is 5.97 Å². The minimum absolute atomic E-state index is 0.00547. The molecule has 19 heavy (non-hydrogen) atoms. The van der Waals surface area contributed by atoms with Crippen molar-refractivity contribution in [3.63, 3.8) is 0 Å². The maximum atomic E-state index is 10.4. The number of aliphatic hydroxyl groups excluding tert-OH is 1. The second-order valence-electron chi connectivity index (χ2n) is 5.01. The van der Waals surface area contributed by atoms with Gasteiger partial charge in [-0.25, -0.2) is 0 Å².